The molecule has 2 aromatic heterocycles. The smallest absolute Gasteiger partial charge is 0.226 e. The first-order valence-electron chi connectivity index (χ1n) is 9.37. The zero-order chi connectivity index (χ0) is 17.7. The number of imidazole rings is 1. The third-order valence-corrected chi connectivity index (χ3v) is 5.78. The number of piperidine rings is 1. The number of hydrogen-bond donors (Lipinski definition) is 1. The Labute approximate surface area is 149 Å². The zero-order valence-electron chi connectivity index (χ0n) is 15.6. The van der Waals surface area contributed by atoms with Crippen LogP contribution >= 0.6 is 0 Å². The minimum absolute atomic E-state index is 0.309. The van der Waals surface area contributed by atoms with Crippen molar-refractivity contribution in [3.63, 3.8) is 0 Å². The summed E-state index contributed by atoms with van der Waals surface area (Å²) in [7, 11) is 0. The van der Waals surface area contributed by atoms with E-state index in [-0.39, 0.29) is 0 Å². The van der Waals surface area contributed by atoms with Crippen molar-refractivity contribution < 1.29 is 0 Å². The third kappa shape index (κ3) is 2.82. The monoisotopic (exact) mass is 340 g/mol. The number of nitrogens with two attached hydrogens (primary N) is 1. The first-order chi connectivity index (χ1) is 11.9. The van der Waals surface area contributed by atoms with Gasteiger partial charge < -0.3 is 15.2 Å². The Morgan fingerprint density at radius 1 is 1.16 bits per heavy atom. The first-order valence-corrected chi connectivity index (χ1v) is 9.37. The van der Waals surface area contributed by atoms with Crippen molar-refractivity contribution >= 4 is 5.95 Å². The maximum absolute atomic E-state index is 6.25. The van der Waals surface area contributed by atoms with Crippen LogP contribution in [-0.2, 0) is 0 Å². The molecule has 2 aromatic rings. The van der Waals surface area contributed by atoms with Crippen molar-refractivity contribution in [1.29, 1.82) is 0 Å². The highest BCUT2D eigenvalue weighted by atomic mass is 15.3. The summed E-state index contributed by atoms with van der Waals surface area (Å²) in [6, 6.07) is 3.58. The lowest BCUT2D eigenvalue weighted by Crippen LogP contribution is -2.49. The van der Waals surface area contributed by atoms with Gasteiger partial charge >= 0.3 is 0 Å². The fraction of sp³-hybridized carbons (Fsp3) is 0.632. The van der Waals surface area contributed by atoms with Gasteiger partial charge in [0.05, 0.1) is 5.69 Å². The molecule has 2 bridgehead atoms. The van der Waals surface area contributed by atoms with Crippen LogP contribution in [0.15, 0.2) is 18.5 Å². The van der Waals surface area contributed by atoms with Gasteiger partial charge in [-0.05, 0) is 52.0 Å². The highest BCUT2D eigenvalue weighted by Gasteiger charge is 2.45. The molecule has 134 valence electrons. The molecule has 4 atom stereocenters. The highest BCUT2D eigenvalue weighted by Crippen LogP contribution is 2.41. The number of hydrogen-bond acceptors (Lipinski definition) is 5. The minimum Gasteiger partial charge on any atom is -0.334 e. The predicted octanol–water partition coefficient (Wildman–Crippen LogP) is 2.93. The Balaban J connectivity index is 1.68. The predicted molar refractivity (Wildman–Crippen MR) is 99.4 cm³/mol. The molecule has 2 aliphatic heterocycles. The lowest BCUT2D eigenvalue weighted by Gasteiger charge is -2.38. The topological polar surface area (TPSA) is 72.9 Å². The van der Waals surface area contributed by atoms with Crippen molar-refractivity contribution in [1.82, 2.24) is 19.5 Å². The van der Waals surface area contributed by atoms with Crippen molar-refractivity contribution in [3.8, 4) is 11.4 Å². The summed E-state index contributed by atoms with van der Waals surface area (Å²) in [5.41, 5.74) is 8.06. The summed E-state index contributed by atoms with van der Waals surface area (Å²) >= 11 is 0. The van der Waals surface area contributed by atoms with E-state index in [1.165, 1.54) is 6.42 Å². The van der Waals surface area contributed by atoms with Crippen molar-refractivity contribution in [2.45, 2.75) is 71.1 Å². The van der Waals surface area contributed by atoms with Crippen LogP contribution < -0.4 is 10.6 Å². The molecule has 2 aliphatic rings. The number of aromatic nitrogens is 4. The maximum Gasteiger partial charge on any atom is 0.226 e. The molecule has 0 spiro atoms. The molecule has 2 saturated heterocycles. The average molecular weight is 340 g/mol. The first kappa shape index (κ1) is 16.5. The Bertz CT molecular complexity index is 765. The van der Waals surface area contributed by atoms with Gasteiger partial charge in [-0.1, -0.05) is 6.92 Å². The second-order valence-electron chi connectivity index (χ2n) is 7.99. The second-order valence-corrected chi connectivity index (χ2v) is 7.99. The van der Waals surface area contributed by atoms with Crippen LogP contribution in [-0.4, -0.2) is 37.6 Å². The summed E-state index contributed by atoms with van der Waals surface area (Å²) in [5.74, 6) is 2.50. The lowest BCUT2D eigenvalue weighted by molar-refractivity contribution is 0.391. The van der Waals surface area contributed by atoms with E-state index >= 15 is 0 Å². The summed E-state index contributed by atoms with van der Waals surface area (Å²) in [5, 5.41) is 0. The van der Waals surface area contributed by atoms with Crippen LogP contribution in [0.1, 0.15) is 51.9 Å². The molecule has 0 amide bonds. The van der Waals surface area contributed by atoms with Crippen LogP contribution in [0.25, 0.3) is 11.4 Å². The fourth-order valence-corrected chi connectivity index (χ4v) is 4.62. The quantitative estimate of drug-likeness (QED) is 0.930. The van der Waals surface area contributed by atoms with Crippen molar-refractivity contribution in [2.75, 3.05) is 4.90 Å². The van der Waals surface area contributed by atoms with E-state index in [4.69, 9.17) is 15.7 Å². The SMILES string of the molecule is Cc1nc(-c2ccnc(N3C4CC(N)CC3C(C)C4)n2)cn1C(C)C. The Hall–Kier alpha value is -1.95. The second kappa shape index (κ2) is 6.09. The van der Waals surface area contributed by atoms with Crippen LogP contribution in [0, 0.1) is 12.8 Å². The van der Waals surface area contributed by atoms with E-state index in [9.17, 15) is 0 Å². The molecule has 2 N–H and O–H groups in total. The van der Waals surface area contributed by atoms with Crippen molar-refractivity contribution in [3.05, 3.63) is 24.3 Å². The standard InChI is InChI=1S/C19H28N6/c1-11(2)24-10-17(22-13(24)4)16-5-6-21-19(23-16)25-15-7-12(3)18(25)9-14(20)8-15/h5-6,10-12,14-15,18H,7-9,20H2,1-4H3. The summed E-state index contributed by atoms with van der Waals surface area (Å²) in [4.78, 5) is 16.6. The Kier molecular flexibility index (Phi) is 4.02. The van der Waals surface area contributed by atoms with E-state index in [0.29, 0.717) is 30.1 Å². The van der Waals surface area contributed by atoms with E-state index in [1.807, 2.05) is 19.2 Å². The molecule has 0 radical (unpaired) electrons. The van der Waals surface area contributed by atoms with Gasteiger partial charge in [0.15, 0.2) is 0 Å². The number of rotatable bonds is 3. The summed E-state index contributed by atoms with van der Waals surface area (Å²) < 4.78 is 2.18. The molecule has 4 unspecified atom stereocenters. The molecule has 4 rings (SSSR count). The molecule has 0 aliphatic carbocycles. The molecular weight excluding hydrogens is 312 g/mol. The van der Waals surface area contributed by atoms with E-state index in [1.54, 1.807) is 0 Å². The van der Waals surface area contributed by atoms with Gasteiger partial charge in [0.2, 0.25) is 5.95 Å². The van der Waals surface area contributed by atoms with Gasteiger partial charge in [0, 0.05) is 36.6 Å². The van der Waals surface area contributed by atoms with Crippen LogP contribution in [0.4, 0.5) is 5.95 Å². The molecule has 0 saturated carbocycles. The molecular formula is C19H28N6. The largest absolute Gasteiger partial charge is 0.334 e. The molecule has 4 heterocycles. The molecule has 6 nitrogen and oxygen atoms in total. The minimum atomic E-state index is 0.309. The molecule has 0 aromatic carbocycles. The molecule has 6 heteroatoms. The lowest BCUT2D eigenvalue weighted by atomic mass is 9.96. The van der Waals surface area contributed by atoms with E-state index in [0.717, 1.165) is 36.0 Å². The fourth-order valence-electron chi connectivity index (χ4n) is 4.62. The highest BCUT2D eigenvalue weighted by molar-refractivity contribution is 5.56. The van der Waals surface area contributed by atoms with Gasteiger partial charge in [-0.25, -0.2) is 15.0 Å². The number of fused-ring (bicyclic) bond motifs is 2. The Morgan fingerprint density at radius 3 is 2.64 bits per heavy atom. The summed E-state index contributed by atoms with van der Waals surface area (Å²) in [6.07, 6.45) is 7.21. The number of nitrogens with zero attached hydrogens (tertiary/aromatic N) is 5. The van der Waals surface area contributed by atoms with Crippen molar-refractivity contribution in [2.24, 2.45) is 11.7 Å². The molecule has 2 fully saturated rings. The van der Waals surface area contributed by atoms with Gasteiger partial charge in [-0.15, -0.1) is 0 Å². The molecule has 25 heavy (non-hydrogen) atoms. The Morgan fingerprint density at radius 2 is 1.96 bits per heavy atom. The van der Waals surface area contributed by atoms with Gasteiger partial charge in [0.1, 0.15) is 11.5 Å². The van der Waals surface area contributed by atoms with Gasteiger partial charge in [-0.2, -0.15) is 0 Å². The third-order valence-electron chi connectivity index (χ3n) is 5.78. The number of anilines is 1. The van der Waals surface area contributed by atoms with Gasteiger partial charge in [-0.3, -0.25) is 0 Å². The zero-order valence-corrected chi connectivity index (χ0v) is 15.6. The van der Waals surface area contributed by atoms with E-state index in [2.05, 4.69) is 41.4 Å². The van der Waals surface area contributed by atoms with Crippen LogP contribution in [0.2, 0.25) is 0 Å². The maximum atomic E-state index is 6.25. The van der Waals surface area contributed by atoms with Gasteiger partial charge in [0.25, 0.3) is 0 Å². The number of aryl methyl sites for hydroxylation is 1. The normalized spacial score (nSPS) is 28.8. The summed E-state index contributed by atoms with van der Waals surface area (Å²) in [6.45, 7) is 8.70. The van der Waals surface area contributed by atoms with E-state index < -0.39 is 0 Å². The average Bonchev–Trinajstić information content (AvgIpc) is 3.05. The van der Waals surface area contributed by atoms with Crippen LogP contribution in [0.5, 0.6) is 0 Å². The van der Waals surface area contributed by atoms with Crippen LogP contribution in [0.3, 0.4) is 0 Å².